The Hall–Kier alpha value is -3.19. The molecule has 7 nitrogen and oxygen atoms in total. The van der Waals surface area contributed by atoms with Crippen LogP contribution in [0.15, 0.2) is 42.5 Å². The van der Waals surface area contributed by atoms with E-state index in [0.717, 1.165) is 28.9 Å². The van der Waals surface area contributed by atoms with E-state index in [9.17, 15) is 14.4 Å². The third-order valence-electron chi connectivity index (χ3n) is 6.38. The van der Waals surface area contributed by atoms with Gasteiger partial charge in [-0.05, 0) is 55.7 Å². The second-order valence-corrected chi connectivity index (χ2v) is 8.56. The number of anilines is 2. The summed E-state index contributed by atoms with van der Waals surface area (Å²) in [5.74, 6) is 0.0433. The standard InChI is InChI=1S/C25H30N4O3/c1-18-6-3-9-22(19(18)2)26-23(30)17-27-12-14-28(15-13-27)25(32)20-7-4-8-21(16-20)29-11-5-10-24(29)31/h3-4,6-9,16H,5,10-15,17H2,1-2H3,(H,26,30). The van der Waals surface area contributed by atoms with Gasteiger partial charge in [0.1, 0.15) is 0 Å². The van der Waals surface area contributed by atoms with Gasteiger partial charge in [0, 0.05) is 56.1 Å². The second kappa shape index (κ2) is 9.53. The molecule has 2 aliphatic heterocycles. The summed E-state index contributed by atoms with van der Waals surface area (Å²) >= 11 is 0. The molecule has 7 heteroatoms. The van der Waals surface area contributed by atoms with E-state index in [1.54, 1.807) is 11.0 Å². The normalized spacial score (nSPS) is 17.0. The second-order valence-electron chi connectivity index (χ2n) is 8.56. The monoisotopic (exact) mass is 434 g/mol. The van der Waals surface area contributed by atoms with Gasteiger partial charge in [-0.2, -0.15) is 0 Å². The maximum Gasteiger partial charge on any atom is 0.254 e. The first kappa shape index (κ1) is 22.0. The average Bonchev–Trinajstić information content (AvgIpc) is 3.23. The number of hydrogen-bond acceptors (Lipinski definition) is 4. The van der Waals surface area contributed by atoms with Crippen molar-refractivity contribution in [3.63, 3.8) is 0 Å². The van der Waals surface area contributed by atoms with E-state index in [0.29, 0.717) is 51.3 Å². The van der Waals surface area contributed by atoms with Crippen molar-refractivity contribution in [1.82, 2.24) is 9.80 Å². The zero-order valence-corrected chi connectivity index (χ0v) is 18.8. The van der Waals surface area contributed by atoms with Crippen LogP contribution in [0.3, 0.4) is 0 Å². The molecule has 2 aromatic carbocycles. The van der Waals surface area contributed by atoms with Crippen LogP contribution in [0.5, 0.6) is 0 Å². The van der Waals surface area contributed by atoms with Crippen molar-refractivity contribution in [3.8, 4) is 0 Å². The SMILES string of the molecule is Cc1cccc(NC(=O)CN2CCN(C(=O)c3cccc(N4CCCC4=O)c3)CC2)c1C. The van der Waals surface area contributed by atoms with Gasteiger partial charge < -0.3 is 15.1 Å². The first-order chi connectivity index (χ1) is 15.4. The number of benzene rings is 2. The van der Waals surface area contributed by atoms with Gasteiger partial charge in [-0.15, -0.1) is 0 Å². The highest BCUT2D eigenvalue weighted by Gasteiger charge is 2.26. The van der Waals surface area contributed by atoms with Crippen molar-refractivity contribution in [2.45, 2.75) is 26.7 Å². The fourth-order valence-electron chi connectivity index (χ4n) is 4.30. The van der Waals surface area contributed by atoms with E-state index in [4.69, 9.17) is 0 Å². The Balaban J connectivity index is 1.31. The van der Waals surface area contributed by atoms with Gasteiger partial charge in [-0.25, -0.2) is 0 Å². The number of piperazine rings is 1. The summed E-state index contributed by atoms with van der Waals surface area (Å²) in [5.41, 5.74) is 4.46. The van der Waals surface area contributed by atoms with Gasteiger partial charge in [0.25, 0.3) is 5.91 Å². The van der Waals surface area contributed by atoms with Gasteiger partial charge in [0.15, 0.2) is 0 Å². The summed E-state index contributed by atoms with van der Waals surface area (Å²) in [5, 5.41) is 3.00. The van der Waals surface area contributed by atoms with Crippen LogP contribution in [0.25, 0.3) is 0 Å². The van der Waals surface area contributed by atoms with E-state index in [1.807, 2.05) is 55.1 Å². The summed E-state index contributed by atoms with van der Waals surface area (Å²) in [6.07, 6.45) is 1.42. The van der Waals surface area contributed by atoms with Crippen molar-refractivity contribution < 1.29 is 14.4 Å². The number of nitrogens with zero attached hydrogens (tertiary/aromatic N) is 3. The molecule has 0 radical (unpaired) electrons. The first-order valence-corrected chi connectivity index (χ1v) is 11.2. The van der Waals surface area contributed by atoms with Gasteiger partial charge in [0.05, 0.1) is 6.54 Å². The van der Waals surface area contributed by atoms with Crippen LogP contribution in [-0.2, 0) is 9.59 Å². The van der Waals surface area contributed by atoms with Crippen LogP contribution in [0.2, 0.25) is 0 Å². The minimum atomic E-state index is -0.0403. The Kier molecular flexibility index (Phi) is 6.55. The Morgan fingerprint density at radius 1 is 0.969 bits per heavy atom. The zero-order chi connectivity index (χ0) is 22.7. The molecule has 1 N–H and O–H groups in total. The zero-order valence-electron chi connectivity index (χ0n) is 18.8. The largest absolute Gasteiger partial charge is 0.336 e. The first-order valence-electron chi connectivity index (χ1n) is 11.2. The lowest BCUT2D eigenvalue weighted by Gasteiger charge is -2.34. The van der Waals surface area contributed by atoms with Crippen LogP contribution in [-0.4, -0.2) is 66.8 Å². The van der Waals surface area contributed by atoms with Crippen molar-refractivity contribution in [2.24, 2.45) is 0 Å². The van der Waals surface area contributed by atoms with Gasteiger partial charge >= 0.3 is 0 Å². The molecule has 2 aliphatic rings. The van der Waals surface area contributed by atoms with Crippen LogP contribution >= 0.6 is 0 Å². The third kappa shape index (κ3) is 4.83. The maximum absolute atomic E-state index is 13.0. The van der Waals surface area contributed by atoms with Gasteiger partial charge in [0.2, 0.25) is 11.8 Å². The summed E-state index contributed by atoms with van der Waals surface area (Å²) in [6.45, 7) is 7.49. The van der Waals surface area contributed by atoms with Crippen LogP contribution in [0, 0.1) is 13.8 Å². The number of rotatable bonds is 5. The van der Waals surface area contributed by atoms with E-state index in [1.165, 1.54) is 0 Å². The summed E-state index contributed by atoms with van der Waals surface area (Å²) in [6, 6.07) is 13.2. The molecule has 4 rings (SSSR count). The quantitative estimate of drug-likeness (QED) is 0.786. The molecular formula is C25H30N4O3. The van der Waals surface area contributed by atoms with Gasteiger partial charge in [-0.3, -0.25) is 19.3 Å². The third-order valence-corrected chi connectivity index (χ3v) is 6.38. The fraction of sp³-hybridized carbons (Fsp3) is 0.400. The lowest BCUT2D eigenvalue weighted by molar-refractivity contribution is -0.118. The molecule has 0 atom stereocenters. The number of carbonyl (C=O) groups excluding carboxylic acids is 3. The predicted molar refractivity (Wildman–Crippen MR) is 125 cm³/mol. The minimum absolute atomic E-state index is 0.0296. The number of aryl methyl sites for hydroxylation is 1. The summed E-state index contributed by atoms with van der Waals surface area (Å²) in [7, 11) is 0. The Morgan fingerprint density at radius 3 is 2.44 bits per heavy atom. The minimum Gasteiger partial charge on any atom is -0.336 e. The molecule has 0 bridgehead atoms. The molecule has 2 saturated heterocycles. The van der Waals surface area contributed by atoms with E-state index in [-0.39, 0.29) is 17.7 Å². The highest BCUT2D eigenvalue weighted by Crippen LogP contribution is 2.23. The average molecular weight is 435 g/mol. The molecule has 32 heavy (non-hydrogen) atoms. The Labute approximate surface area is 189 Å². The Bertz CT molecular complexity index is 1030. The number of carbonyl (C=O) groups is 3. The van der Waals surface area contributed by atoms with E-state index >= 15 is 0 Å². The van der Waals surface area contributed by atoms with Crippen molar-refractivity contribution in [3.05, 3.63) is 59.2 Å². The van der Waals surface area contributed by atoms with Crippen LogP contribution in [0.4, 0.5) is 11.4 Å². The molecule has 3 amide bonds. The van der Waals surface area contributed by atoms with Crippen LogP contribution in [0.1, 0.15) is 34.3 Å². The maximum atomic E-state index is 13.0. The molecule has 0 aliphatic carbocycles. The number of nitrogens with one attached hydrogen (secondary N) is 1. The van der Waals surface area contributed by atoms with Crippen molar-refractivity contribution in [1.29, 1.82) is 0 Å². The van der Waals surface area contributed by atoms with Crippen molar-refractivity contribution in [2.75, 3.05) is 49.5 Å². The molecule has 2 aromatic rings. The lowest BCUT2D eigenvalue weighted by Crippen LogP contribution is -2.50. The molecule has 2 heterocycles. The molecule has 0 saturated carbocycles. The molecule has 168 valence electrons. The Morgan fingerprint density at radius 2 is 1.72 bits per heavy atom. The highest BCUT2D eigenvalue weighted by molar-refractivity contribution is 5.99. The number of amides is 3. The smallest absolute Gasteiger partial charge is 0.254 e. The lowest BCUT2D eigenvalue weighted by atomic mass is 10.1. The predicted octanol–water partition coefficient (Wildman–Crippen LogP) is 2.83. The molecule has 2 fully saturated rings. The number of hydrogen-bond donors (Lipinski definition) is 1. The summed E-state index contributed by atoms with van der Waals surface area (Å²) < 4.78 is 0. The molecular weight excluding hydrogens is 404 g/mol. The van der Waals surface area contributed by atoms with Crippen LogP contribution < -0.4 is 10.2 Å². The summed E-state index contributed by atoms with van der Waals surface area (Å²) in [4.78, 5) is 43.2. The highest BCUT2D eigenvalue weighted by atomic mass is 16.2. The van der Waals surface area contributed by atoms with E-state index < -0.39 is 0 Å². The molecule has 0 spiro atoms. The molecule has 0 aromatic heterocycles. The van der Waals surface area contributed by atoms with E-state index in [2.05, 4.69) is 10.2 Å². The van der Waals surface area contributed by atoms with Gasteiger partial charge in [-0.1, -0.05) is 18.2 Å². The van der Waals surface area contributed by atoms with Crippen molar-refractivity contribution >= 4 is 29.1 Å². The fourth-order valence-corrected chi connectivity index (χ4v) is 4.30. The topological polar surface area (TPSA) is 73.0 Å². The molecule has 0 unspecified atom stereocenters.